The predicted molar refractivity (Wildman–Crippen MR) is 60.9 cm³/mol. The number of aromatic carboxylic acids is 1. The van der Waals surface area contributed by atoms with Crippen LogP contribution in [0.1, 0.15) is 29.5 Å². The molecule has 1 aromatic heterocycles. The minimum absolute atomic E-state index is 0.0207. The summed E-state index contributed by atoms with van der Waals surface area (Å²) in [7, 11) is 0. The van der Waals surface area contributed by atoms with Crippen molar-refractivity contribution in [3.63, 3.8) is 0 Å². The van der Waals surface area contributed by atoms with Crippen LogP contribution in [-0.4, -0.2) is 30.3 Å². The summed E-state index contributed by atoms with van der Waals surface area (Å²) >= 11 is 0. The van der Waals surface area contributed by atoms with E-state index < -0.39 is 5.97 Å². The first-order valence-corrected chi connectivity index (χ1v) is 5.79. The topological polar surface area (TPSA) is 71.7 Å². The molecule has 2 atom stereocenters. The highest BCUT2D eigenvalue weighted by atomic mass is 16.5. The Bertz CT molecular complexity index is 382. The van der Waals surface area contributed by atoms with Crippen LogP contribution in [0.2, 0.25) is 0 Å². The number of ether oxygens (including phenoxy) is 1. The van der Waals surface area contributed by atoms with Crippen LogP contribution in [-0.2, 0) is 11.3 Å². The first kappa shape index (κ1) is 12.1. The molecule has 94 valence electrons. The minimum Gasteiger partial charge on any atom is -0.475 e. The largest absolute Gasteiger partial charge is 0.475 e. The molecule has 1 aromatic rings. The van der Waals surface area contributed by atoms with Gasteiger partial charge in [0.1, 0.15) is 0 Å². The van der Waals surface area contributed by atoms with Gasteiger partial charge in [-0.2, -0.15) is 0 Å². The lowest BCUT2D eigenvalue weighted by Crippen LogP contribution is -2.33. The van der Waals surface area contributed by atoms with Crippen LogP contribution in [0.25, 0.3) is 0 Å². The SMILES string of the molecule is CC(NCc1ccoc1C(=O)O)C1CCOC1. The zero-order valence-electron chi connectivity index (χ0n) is 9.81. The first-order chi connectivity index (χ1) is 8.18. The number of carbonyl (C=O) groups is 1. The zero-order chi connectivity index (χ0) is 12.3. The lowest BCUT2D eigenvalue weighted by Gasteiger charge is -2.18. The quantitative estimate of drug-likeness (QED) is 0.814. The van der Waals surface area contributed by atoms with Crippen molar-refractivity contribution in [2.75, 3.05) is 13.2 Å². The van der Waals surface area contributed by atoms with Crippen molar-refractivity contribution in [3.8, 4) is 0 Å². The molecule has 5 nitrogen and oxygen atoms in total. The van der Waals surface area contributed by atoms with Gasteiger partial charge in [-0.1, -0.05) is 0 Å². The van der Waals surface area contributed by atoms with Crippen LogP contribution < -0.4 is 5.32 Å². The molecule has 5 heteroatoms. The molecule has 0 saturated carbocycles. The number of rotatable bonds is 5. The Kier molecular flexibility index (Phi) is 3.81. The van der Waals surface area contributed by atoms with Crippen molar-refractivity contribution in [2.24, 2.45) is 5.92 Å². The Morgan fingerprint density at radius 3 is 3.18 bits per heavy atom. The van der Waals surface area contributed by atoms with E-state index in [1.54, 1.807) is 6.07 Å². The molecular formula is C12H17NO4. The zero-order valence-corrected chi connectivity index (χ0v) is 9.81. The highest BCUT2D eigenvalue weighted by Gasteiger charge is 2.22. The number of furan rings is 1. The summed E-state index contributed by atoms with van der Waals surface area (Å²) in [6.45, 7) is 4.21. The molecule has 0 radical (unpaired) electrons. The van der Waals surface area contributed by atoms with Crippen molar-refractivity contribution in [1.29, 1.82) is 0 Å². The molecule has 1 aliphatic heterocycles. The van der Waals surface area contributed by atoms with Crippen LogP contribution in [0, 0.1) is 5.92 Å². The molecule has 0 bridgehead atoms. The van der Waals surface area contributed by atoms with E-state index in [9.17, 15) is 4.79 Å². The number of hydrogen-bond donors (Lipinski definition) is 2. The standard InChI is InChI=1S/C12H17NO4/c1-8(10-2-4-16-7-10)13-6-9-3-5-17-11(9)12(14)15/h3,5,8,10,13H,2,4,6-7H2,1H3,(H,14,15). The van der Waals surface area contributed by atoms with Crippen molar-refractivity contribution < 1.29 is 19.1 Å². The Balaban J connectivity index is 1.88. The van der Waals surface area contributed by atoms with Gasteiger partial charge in [0.25, 0.3) is 0 Å². The van der Waals surface area contributed by atoms with Gasteiger partial charge in [-0.05, 0) is 25.3 Å². The second-order valence-electron chi connectivity index (χ2n) is 4.37. The van der Waals surface area contributed by atoms with Crippen molar-refractivity contribution in [1.82, 2.24) is 5.32 Å². The third kappa shape index (κ3) is 2.87. The Morgan fingerprint density at radius 1 is 1.71 bits per heavy atom. The van der Waals surface area contributed by atoms with Crippen LogP contribution in [0.3, 0.4) is 0 Å². The second-order valence-corrected chi connectivity index (χ2v) is 4.37. The number of nitrogens with one attached hydrogen (secondary N) is 1. The molecule has 1 saturated heterocycles. The molecule has 2 rings (SSSR count). The molecule has 2 heterocycles. The monoisotopic (exact) mass is 239 g/mol. The molecule has 2 unspecified atom stereocenters. The van der Waals surface area contributed by atoms with E-state index in [-0.39, 0.29) is 5.76 Å². The van der Waals surface area contributed by atoms with E-state index >= 15 is 0 Å². The molecule has 17 heavy (non-hydrogen) atoms. The fourth-order valence-corrected chi connectivity index (χ4v) is 2.05. The van der Waals surface area contributed by atoms with Crippen LogP contribution in [0.15, 0.2) is 16.7 Å². The highest BCUT2D eigenvalue weighted by Crippen LogP contribution is 2.17. The molecule has 0 spiro atoms. The fourth-order valence-electron chi connectivity index (χ4n) is 2.05. The predicted octanol–water partition coefficient (Wildman–Crippen LogP) is 1.49. The van der Waals surface area contributed by atoms with E-state index in [0.29, 0.717) is 24.1 Å². The second kappa shape index (κ2) is 5.33. The molecule has 2 N–H and O–H groups in total. The lowest BCUT2D eigenvalue weighted by atomic mass is 10.0. The fraction of sp³-hybridized carbons (Fsp3) is 0.583. The summed E-state index contributed by atoms with van der Waals surface area (Å²) in [6.07, 6.45) is 2.47. The summed E-state index contributed by atoms with van der Waals surface area (Å²) in [5.74, 6) is -0.494. The average Bonchev–Trinajstić information content (AvgIpc) is 2.96. The van der Waals surface area contributed by atoms with Gasteiger partial charge in [0.15, 0.2) is 0 Å². The van der Waals surface area contributed by atoms with Crippen LogP contribution in [0.5, 0.6) is 0 Å². The van der Waals surface area contributed by atoms with Gasteiger partial charge in [-0.15, -0.1) is 0 Å². The first-order valence-electron chi connectivity index (χ1n) is 5.79. The van der Waals surface area contributed by atoms with Gasteiger partial charge in [0, 0.05) is 24.8 Å². The van der Waals surface area contributed by atoms with Gasteiger partial charge in [0.2, 0.25) is 5.76 Å². The van der Waals surface area contributed by atoms with E-state index in [1.807, 2.05) is 0 Å². The van der Waals surface area contributed by atoms with Gasteiger partial charge in [0.05, 0.1) is 12.9 Å². The van der Waals surface area contributed by atoms with Crippen molar-refractivity contribution in [3.05, 3.63) is 23.7 Å². The van der Waals surface area contributed by atoms with Crippen molar-refractivity contribution in [2.45, 2.75) is 25.9 Å². The summed E-state index contributed by atoms with van der Waals surface area (Å²) in [5, 5.41) is 12.2. The van der Waals surface area contributed by atoms with Gasteiger partial charge >= 0.3 is 5.97 Å². The maximum absolute atomic E-state index is 10.8. The number of carboxylic acid groups (broad SMARTS) is 1. The maximum atomic E-state index is 10.8. The lowest BCUT2D eigenvalue weighted by molar-refractivity contribution is 0.0660. The molecule has 0 amide bonds. The average molecular weight is 239 g/mol. The van der Waals surface area contributed by atoms with Gasteiger partial charge in [-0.3, -0.25) is 0 Å². The normalized spacial score (nSPS) is 21.6. The highest BCUT2D eigenvalue weighted by molar-refractivity contribution is 5.86. The van der Waals surface area contributed by atoms with E-state index in [2.05, 4.69) is 12.2 Å². The summed E-state index contributed by atoms with van der Waals surface area (Å²) in [4.78, 5) is 10.8. The van der Waals surface area contributed by atoms with E-state index in [0.717, 1.165) is 19.6 Å². The van der Waals surface area contributed by atoms with E-state index in [4.69, 9.17) is 14.3 Å². The Morgan fingerprint density at radius 2 is 2.53 bits per heavy atom. The molecule has 1 aliphatic rings. The van der Waals surface area contributed by atoms with E-state index in [1.165, 1.54) is 6.26 Å². The van der Waals surface area contributed by atoms with Crippen LogP contribution in [0.4, 0.5) is 0 Å². The third-order valence-electron chi connectivity index (χ3n) is 3.23. The number of hydrogen-bond acceptors (Lipinski definition) is 4. The third-order valence-corrected chi connectivity index (χ3v) is 3.23. The number of carboxylic acids is 1. The summed E-state index contributed by atoms with van der Waals surface area (Å²) in [6, 6.07) is 2.00. The van der Waals surface area contributed by atoms with Crippen molar-refractivity contribution >= 4 is 5.97 Å². The summed E-state index contributed by atoms with van der Waals surface area (Å²) < 4.78 is 10.2. The summed E-state index contributed by atoms with van der Waals surface area (Å²) in [5.41, 5.74) is 0.684. The molecule has 0 aliphatic carbocycles. The minimum atomic E-state index is -1.02. The van der Waals surface area contributed by atoms with Gasteiger partial charge in [-0.25, -0.2) is 4.79 Å². The Labute approximate surface area is 99.8 Å². The maximum Gasteiger partial charge on any atom is 0.372 e. The molecule has 0 aromatic carbocycles. The van der Waals surface area contributed by atoms with Gasteiger partial charge < -0.3 is 19.6 Å². The van der Waals surface area contributed by atoms with Crippen LogP contribution >= 0.6 is 0 Å². The smallest absolute Gasteiger partial charge is 0.372 e. The molecular weight excluding hydrogens is 222 g/mol. The molecule has 1 fully saturated rings. The Hall–Kier alpha value is -1.33.